The van der Waals surface area contributed by atoms with E-state index in [0.717, 1.165) is 0 Å². The number of hydrogen-bond acceptors (Lipinski definition) is 3. The van der Waals surface area contributed by atoms with E-state index in [1.165, 1.54) is 0 Å². The van der Waals surface area contributed by atoms with E-state index in [1.54, 1.807) is 13.8 Å². The molecule has 0 aromatic heterocycles. The summed E-state index contributed by atoms with van der Waals surface area (Å²) in [5.41, 5.74) is 0. The smallest absolute Gasteiger partial charge is 0.307 e. The number of carbonyl (C=O) groups is 2. The number of rotatable bonds is 5. The third kappa shape index (κ3) is 6.57. The van der Waals surface area contributed by atoms with Crippen LogP contribution in [0.3, 0.4) is 0 Å². The molecule has 0 radical (unpaired) electrons. The van der Waals surface area contributed by atoms with Crippen molar-refractivity contribution in [3.05, 3.63) is 0 Å². The van der Waals surface area contributed by atoms with E-state index in [4.69, 9.17) is 0 Å². The Morgan fingerprint density at radius 3 is 2.62 bits per heavy atom. The van der Waals surface area contributed by atoms with Crippen LogP contribution in [0.5, 0.6) is 0 Å². The van der Waals surface area contributed by atoms with E-state index < -0.39 is 0 Å². The first-order chi connectivity index (χ1) is 6.07. The Bertz CT molecular complexity index is 182. The summed E-state index contributed by atoms with van der Waals surface area (Å²) in [6.07, 6.45) is 0.222. The number of nitrogens with one attached hydrogen (secondary N) is 1. The maximum atomic E-state index is 11.0. The molecule has 13 heavy (non-hydrogen) atoms. The number of amides is 1. The highest BCUT2D eigenvalue weighted by molar-refractivity contribution is 9.10. The fraction of sp³-hybridized carbons (Fsp3) is 0.750. The Morgan fingerprint density at radius 1 is 1.54 bits per heavy atom. The van der Waals surface area contributed by atoms with Crippen LogP contribution in [0.2, 0.25) is 0 Å². The van der Waals surface area contributed by atoms with Crippen LogP contribution in [0.1, 0.15) is 20.3 Å². The molecular formula is C8H14BrNO3. The first-order valence-corrected chi connectivity index (χ1v) is 5.07. The summed E-state index contributed by atoms with van der Waals surface area (Å²) in [7, 11) is 0. The van der Waals surface area contributed by atoms with E-state index in [2.05, 4.69) is 26.0 Å². The molecule has 0 aliphatic rings. The fourth-order valence-corrected chi connectivity index (χ4v) is 0.823. The van der Waals surface area contributed by atoms with Gasteiger partial charge in [0.25, 0.3) is 0 Å². The topological polar surface area (TPSA) is 55.4 Å². The molecule has 76 valence electrons. The average molecular weight is 252 g/mol. The zero-order chi connectivity index (χ0) is 10.3. The van der Waals surface area contributed by atoms with Crippen LogP contribution in [-0.4, -0.2) is 29.9 Å². The molecule has 0 aliphatic heterocycles. The van der Waals surface area contributed by atoms with Gasteiger partial charge in [0.15, 0.2) is 0 Å². The van der Waals surface area contributed by atoms with Gasteiger partial charge in [0.1, 0.15) is 0 Å². The van der Waals surface area contributed by atoms with Gasteiger partial charge in [-0.15, -0.1) is 0 Å². The molecule has 5 heteroatoms. The number of ether oxygens (including phenoxy) is 1. The van der Waals surface area contributed by atoms with Crippen molar-refractivity contribution >= 4 is 27.8 Å². The highest BCUT2D eigenvalue weighted by Crippen LogP contribution is 1.96. The first-order valence-electron chi connectivity index (χ1n) is 4.15. The Balaban J connectivity index is 3.45. The van der Waals surface area contributed by atoms with E-state index in [9.17, 15) is 9.59 Å². The van der Waals surface area contributed by atoms with Crippen molar-refractivity contribution in [3.63, 3.8) is 0 Å². The average Bonchev–Trinajstić information content (AvgIpc) is 2.04. The SMILES string of the molecule is CCOC(=O)CCNC(=O)C(C)Br. The molecule has 0 rings (SSSR count). The minimum atomic E-state index is -0.287. The van der Waals surface area contributed by atoms with E-state index in [0.29, 0.717) is 13.2 Å². The van der Waals surface area contributed by atoms with Crippen LogP contribution in [0.25, 0.3) is 0 Å². The Labute approximate surface area is 86.1 Å². The quantitative estimate of drug-likeness (QED) is 0.582. The molecule has 0 heterocycles. The van der Waals surface area contributed by atoms with Crippen molar-refractivity contribution in [1.29, 1.82) is 0 Å². The molecule has 0 fully saturated rings. The number of esters is 1. The summed E-state index contributed by atoms with van der Waals surface area (Å²) in [5.74, 6) is -0.408. The van der Waals surface area contributed by atoms with Gasteiger partial charge in [-0.3, -0.25) is 9.59 Å². The van der Waals surface area contributed by atoms with Crippen LogP contribution >= 0.6 is 15.9 Å². The van der Waals surface area contributed by atoms with Crippen LogP contribution in [0.15, 0.2) is 0 Å². The molecule has 0 bridgehead atoms. The van der Waals surface area contributed by atoms with Gasteiger partial charge in [0, 0.05) is 6.54 Å². The summed E-state index contributed by atoms with van der Waals surface area (Å²) >= 11 is 3.11. The maximum Gasteiger partial charge on any atom is 0.307 e. The van der Waals surface area contributed by atoms with Crippen molar-refractivity contribution in [1.82, 2.24) is 5.32 Å². The lowest BCUT2D eigenvalue weighted by molar-refractivity contribution is -0.143. The Kier molecular flexibility index (Phi) is 6.58. The lowest BCUT2D eigenvalue weighted by atomic mass is 10.4. The molecule has 0 aromatic rings. The van der Waals surface area contributed by atoms with Gasteiger partial charge >= 0.3 is 5.97 Å². The van der Waals surface area contributed by atoms with Crippen molar-refractivity contribution < 1.29 is 14.3 Å². The van der Waals surface area contributed by atoms with E-state index in [-0.39, 0.29) is 23.1 Å². The predicted molar refractivity (Wildman–Crippen MR) is 52.6 cm³/mol. The van der Waals surface area contributed by atoms with E-state index in [1.807, 2.05) is 0 Å². The van der Waals surface area contributed by atoms with Crippen LogP contribution in [-0.2, 0) is 14.3 Å². The van der Waals surface area contributed by atoms with Gasteiger partial charge in [0.2, 0.25) is 5.91 Å². The molecule has 1 atom stereocenters. The Hall–Kier alpha value is -0.580. The monoisotopic (exact) mass is 251 g/mol. The highest BCUT2D eigenvalue weighted by Gasteiger charge is 2.08. The zero-order valence-corrected chi connectivity index (χ0v) is 9.39. The van der Waals surface area contributed by atoms with Gasteiger partial charge in [0.05, 0.1) is 17.9 Å². The van der Waals surface area contributed by atoms with Gasteiger partial charge in [-0.1, -0.05) is 15.9 Å². The largest absolute Gasteiger partial charge is 0.466 e. The molecule has 1 unspecified atom stereocenters. The van der Waals surface area contributed by atoms with Gasteiger partial charge < -0.3 is 10.1 Å². The molecular weight excluding hydrogens is 238 g/mol. The molecule has 1 amide bonds. The Morgan fingerprint density at radius 2 is 2.15 bits per heavy atom. The third-order valence-electron chi connectivity index (χ3n) is 1.29. The minimum Gasteiger partial charge on any atom is -0.466 e. The second-order valence-electron chi connectivity index (χ2n) is 2.46. The molecule has 0 saturated heterocycles. The minimum absolute atomic E-state index is 0.121. The second kappa shape index (κ2) is 6.88. The van der Waals surface area contributed by atoms with Crippen LogP contribution in [0, 0.1) is 0 Å². The standard InChI is InChI=1S/C8H14BrNO3/c1-3-13-7(11)4-5-10-8(12)6(2)9/h6H,3-5H2,1-2H3,(H,10,12). The van der Waals surface area contributed by atoms with Crippen molar-refractivity contribution in [2.45, 2.75) is 25.1 Å². The summed E-state index contributed by atoms with van der Waals surface area (Å²) in [6.45, 7) is 4.17. The fourth-order valence-electron chi connectivity index (χ4n) is 0.662. The molecule has 0 aromatic carbocycles. The van der Waals surface area contributed by atoms with Crippen molar-refractivity contribution in [2.75, 3.05) is 13.2 Å². The lowest BCUT2D eigenvalue weighted by Crippen LogP contribution is -2.31. The molecule has 1 N–H and O–H groups in total. The highest BCUT2D eigenvalue weighted by atomic mass is 79.9. The number of carbonyl (C=O) groups excluding carboxylic acids is 2. The first kappa shape index (κ1) is 12.4. The van der Waals surface area contributed by atoms with E-state index >= 15 is 0 Å². The van der Waals surface area contributed by atoms with Crippen LogP contribution < -0.4 is 5.32 Å². The lowest BCUT2D eigenvalue weighted by Gasteiger charge is -2.05. The van der Waals surface area contributed by atoms with Crippen molar-refractivity contribution in [2.24, 2.45) is 0 Å². The molecule has 4 nitrogen and oxygen atoms in total. The van der Waals surface area contributed by atoms with Crippen LogP contribution in [0.4, 0.5) is 0 Å². The normalized spacial score (nSPS) is 11.9. The third-order valence-corrected chi connectivity index (χ3v) is 1.71. The zero-order valence-electron chi connectivity index (χ0n) is 7.80. The summed E-state index contributed by atoms with van der Waals surface area (Å²) in [4.78, 5) is 21.6. The maximum absolute atomic E-state index is 11.0. The van der Waals surface area contributed by atoms with Gasteiger partial charge in [-0.05, 0) is 13.8 Å². The van der Waals surface area contributed by atoms with Gasteiger partial charge in [-0.2, -0.15) is 0 Å². The molecule has 0 spiro atoms. The molecule has 0 aliphatic carbocycles. The van der Waals surface area contributed by atoms with Gasteiger partial charge in [-0.25, -0.2) is 0 Å². The van der Waals surface area contributed by atoms with Crippen molar-refractivity contribution in [3.8, 4) is 0 Å². The number of hydrogen-bond donors (Lipinski definition) is 1. The summed E-state index contributed by atoms with van der Waals surface area (Å²) < 4.78 is 4.68. The summed E-state index contributed by atoms with van der Waals surface area (Å²) in [6, 6.07) is 0. The number of halogens is 1. The molecule has 0 saturated carbocycles. The number of alkyl halides is 1. The summed E-state index contributed by atoms with van der Waals surface area (Å²) in [5, 5.41) is 2.58. The predicted octanol–water partition coefficient (Wildman–Crippen LogP) is 0.839. The second-order valence-corrected chi connectivity index (χ2v) is 3.84.